The van der Waals surface area contributed by atoms with Crippen LogP contribution in [0, 0.1) is 0 Å². The Labute approximate surface area is 154 Å². The Morgan fingerprint density at radius 2 is 1.92 bits per heavy atom. The zero-order valence-corrected chi connectivity index (χ0v) is 15.6. The van der Waals surface area contributed by atoms with Crippen molar-refractivity contribution in [3.8, 4) is 11.3 Å². The van der Waals surface area contributed by atoms with Crippen LogP contribution in [-0.2, 0) is 6.54 Å². The third-order valence-electron chi connectivity index (χ3n) is 3.83. The highest BCUT2D eigenvalue weighted by atomic mass is 32.1. The van der Waals surface area contributed by atoms with Crippen LogP contribution >= 0.6 is 11.3 Å². The van der Waals surface area contributed by atoms with Gasteiger partial charge in [0, 0.05) is 63.6 Å². The number of rotatable bonds is 5. The van der Waals surface area contributed by atoms with Crippen molar-refractivity contribution in [2.75, 3.05) is 30.9 Å². The van der Waals surface area contributed by atoms with Crippen LogP contribution in [0.25, 0.3) is 16.2 Å². The van der Waals surface area contributed by atoms with E-state index in [-0.39, 0.29) is 0 Å². The lowest BCUT2D eigenvalue weighted by atomic mass is 10.2. The van der Waals surface area contributed by atoms with Crippen LogP contribution in [0.15, 0.2) is 43.1 Å². The molecule has 8 nitrogen and oxygen atoms in total. The predicted octanol–water partition coefficient (Wildman–Crippen LogP) is 2.35. The molecule has 0 bridgehead atoms. The van der Waals surface area contributed by atoms with Gasteiger partial charge in [-0.1, -0.05) is 11.3 Å². The maximum Gasteiger partial charge on any atom is 0.224 e. The van der Waals surface area contributed by atoms with Gasteiger partial charge < -0.3 is 9.80 Å². The number of imidazole rings is 1. The minimum absolute atomic E-state index is 0.680. The molecule has 0 aliphatic carbocycles. The molecule has 0 N–H and O–H groups in total. The Bertz CT molecular complexity index is 975. The Hall–Kier alpha value is -3.07. The molecule has 4 rings (SSSR count). The summed E-state index contributed by atoms with van der Waals surface area (Å²) < 4.78 is 1.81. The number of fused-ring (bicyclic) bond motifs is 1. The van der Waals surface area contributed by atoms with Gasteiger partial charge in [-0.25, -0.2) is 19.5 Å². The van der Waals surface area contributed by atoms with Gasteiger partial charge in [-0.2, -0.15) is 0 Å². The summed E-state index contributed by atoms with van der Waals surface area (Å²) in [5.41, 5.74) is 2.89. The lowest BCUT2D eigenvalue weighted by molar-refractivity contribution is 0.857. The van der Waals surface area contributed by atoms with Crippen LogP contribution in [0.2, 0.25) is 0 Å². The summed E-state index contributed by atoms with van der Waals surface area (Å²) in [6, 6.07) is 3.89. The Balaban J connectivity index is 1.52. The lowest BCUT2D eigenvalue weighted by Gasteiger charge is -2.15. The van der Waals surface area contributed by atoms with Crippen molar-refractivity contribution in [3.63, 3.8) is 0 Å². The maximum atomic E-state index is 4.65. The Kier molecular flexibility index (Phi) is 4.21. The molecular weight excluding hydrogens is 348 g/mol. The van der Waals surface area contributed by atoms with Gasteiger partial charge in [-0.05, 0) is 12.1 Å². The molecule has 0 spiro atoms. The van der Waals surface area contributed by atoms with Crippen LogP contribution in [0.4, 0.5) is 11.1 Å². The fourth-order valence-electron chi connectivity index (χ4n) is 2.50. The molecule has 4 aromatic rings. The van der Waals surface area contributed by atoms with Crippen molar-refractivity contribution in [2.45, 2.75) is 6.54 Å². The molecule has 132 valence electrons. The van der Waals surface area contributed by atoms with Crippen LogP contribution in [-0.4, -0.2) is 50.7 Å². The average molecular weight is 366 g/mol. The molecule has 26 heavy (non-hydrogen) atoms. The Morgan fingerprint density at radius 3 is 2.58 bits per heavy atom. The standard InChI is InChI=1S/C17H18N8S/c1-23(2)15-19-7-12(8-20-15)10-24(3)17-22-25-11-14(21-16(25)26-17)13-5-4-6-18-9-13/h4-9,11H,10H2,1-3H3. The molecule has 0 aromatic carbocycles. The zero-order valence-electron chi connectivity index (χ0n) is 14.7. The molecular formula is C17H18N8S. The molecule has 0 aliphatic rings. The molecule has 9 heteroatoms. The number of aromatic nitrogens is 6. The first-order chi connectivity index (χ1) is 12.6. The molecule has 0 fully saturated rings. The second-order valence-corrected chi connectivity index (χ2v) is 7.06. The van der Waals surface area contributed by atoms with Crippen molar-refractivity contribution in [2.24, 2.45) is 0 Å². The number of anilines is 2. The van der Waals surface area contributed by atoms with Gasteiger partial charge in [0.2, 0.25) is 16.0 Å². The summed E-state index contributed by atoms with van der Waals surface area (Å²) in [7, 11) is 5.85. The van der Waals surface area contributed by atoms with Gasteiger partial charge in [-0.15, -0.1) is 5.10 Å². The monoisotopic (exact) mass is 366 g/mol. The van der Waals surface area contributed by atoms with Crippen molar-refractivity contribution in [3.05, 3.63) is 48.7 Å². The van der Waals surface area contributed by atoms with Crippen LogP contribution < -0.4 is 9.80 Å². The number of nitrogens with zero attached hydrogens (tertiary/aromatic N) is 8. The van der Waals surface area contributed by atoms with E-state index in [1.54, 1.807) is 23.7 Å². The van der Waals surface area contributed by atoms with Gasteiger partial charge in [0.15, 0.2) is 0 Å². The highest BCUT2D eigenvalue weighted by Crippen LogP contribution is 2.26. The average Bonchev–Trinajstić information content (AvgIpc) is 3.22. The fraction of sp³-hybridized carbons (Fsp3) is 0.235. The van der Waals surface area contributed by atoms with E-state index in [9.17, 15) is 0 Å². The molecule has 0 radical (unpaired) electrons. The van der Waals surface area contributed by atoms with Crippen molar-refractivity contribution in [1.82, 2.24) is 29.5 Å². The van der Waals surface area contributed by atoms with Crippen LogP contribution in [0.1, 0.15) is 5.56 Å². The first kappa shape index (κ1) is 16.4. The van der Waals surface area contributed by atoms with E-state index < -0.39 is 0 Å². The largest absolute Gasteiger partial charge is 0.347 e. The Morgan fingerprint density at radius 1 is 1.12 bits per heavy atom. The first-order valence-electron chi connectivity index (χ1n) is 8.06. The van der Waals surface area contributed by atoms with Crippen LogP contribution in [0.3, 0.4) is 0 Å². The molecule has 0 unspecified atom stereocenters. The SMILES string of the molecule is CN(C)c1ncc(CN(C)c2nn3cc(-c4cccnc4)nc3s2)cn1. The van der Waals surface area contributed by atoms with E-state index in [4.69, 9.17) is 0 Å². The van der Waals surface area contributed by atoms with Gasteiger partial charge in [0.1, 0.15) is 0 Å². The van der Waals surface area contributed by atoms with Crippen LogP contribution in [0.5, 0.6) is 0 Å². The van der Waals surface area contributed by atoms with E-state index in [0.29, 0.717) is 12.5 Å². The summed E-state index contributed by atoms with van der Waals surface area (Å²) in [6.07, 6.45) is 9.17. The smallest absolute Gasteiger partial charge is 0.224 e. The van der Waals surface area contributed by atoms with Gasteiger partial charge >= 0.3 is 0 Å². The van der Waals surface area contributed by atoms with E-state index in [2.05, 4.69) is 29.9 Å². The van der Waals surface area contributed by atoms with E-state index in [0.717, 1.165) is 26.9 Å². The van der Waals surface area contributed by atoms with Crippen molar-refractivity contribution >= 4 is 27.4 Å². The molecule has 4 heterocycles. The molecule has 0 atom stereocenters. The number of hydrogen-bond donors (Lipinski definition) is 0. The second kappa shape index (κ2) is 6.68. The quantitative estimate of drug-likeness (QED) is 0.537. The maximum absolute atomic E-state index is 4.65. The second-order valence-electron chi connectivity index (χ2n) is 6.12. The van der Waals surface area contributed by atoms with E-state index in [1.165, 1.54) is 0 Å². The fourth-order valence-corrected chi connectivity index (χ4v) is 3.34. The third kappa shape index (κ3) is 3.21. The van der Waals surface area contributed by atoms with E-state index in [1.807, 2.05) is 61.3 Å². The summed E-state index contributed by atoms with van der Waals surface area (Å²) >= 11 is 1.55. The van der Waals surface area contributed by atoms with E-state index >= 15 is 0 Å². The van der Waals surface area contributed by atoms with Gasteiger partial charge in [-0.3, -0.25) is 4.98 Å². The summed E-state index contributed by atoms with van der Waals surface area (Å²) in [4.78, 5) is 22.3. The molecule has 0 saturated heterocycles. The summed E-state index contributed by atoms with van der Waals surface area (Å²) in [5.74, 6) is 0.701. The van der Waals surface area contributed by atoms with Crippen molar-refractivity contribution in [1.29, 1.82) is 0 Å². The number of pyridine rings is 1. The lowest BCUT2D eigenvalue weighted by Crippen LogP contribution is -2.18. The first-order valence-corrected chi connectivity index (χ1v) is 8.88. The molecule has 0 amide bonds. The topological polar surface area (TPSA) is 75.3 Å². The van der Waals surface area contributed by atoms with Crippen molar-refractivity contribution < 1.29 is 0 Å². The molecule has 0 saturated carbocycles. The molecule has 4 aromatic heterocycles. The minimum atomic E-state index is 0.680. The molecule has 0 aliphatic heterocycles. The summed E-state index contributed by atoms with van der Waals surface area (Å²) in [5, 5.41) is 5.52. The van der Waals surface area contributed by atoms with Gasteiger partial charge in [0.25, 0.3) is 0 Å². The minimum Gasteiger partial charge on any atom is -0.347 e. The highest BCUT2D eigenvalue weighted by Gasteiger charge is 2.13. The summed E-state index contributed by atoms with van der Waals surface area (Å²) in [6.45, 7) is 0.680. The zero-order chi connectivity index (χ0) is 18.1. The highest BCUT2D eigenvalue weighted by molar-refractivity contribution is 7.20. The number of hydrogen-bond acceptors (Lipinski definition) is 8. The third-order valence-corrected chi connectivity index (χ3v) is 4.86. The predicted molar refractivity (Wildman–Crippen MR) is 103 cm³/mol. The normalized spacial score (nSPS) is 11.0. The van der Waals surface area contributed by atoms with Gasteiger partial charge in [0.05, 0.1) is 11.9 Å².